The van der Waals surface area contributed by atoms with Crippen LogP contribution >= 0.6 is 0 Å². The molecule has 136 valence electrons. The molecular formula is C26H17N3. The third-order valence-electron chi connectivity index (χ3n) is 6.16. The second-order valence-electron chi connectivity index (χ2n) is 7.73. The fourth-order valence-corrected chi connectivity index (χ4v) is 4.88. The first-order valence-corrected chi connectivity index (χ1v) is 9.95. The van der Waals surface area contributed by atoms with Crippen LogP contribution in [0, 0.1) is 0 Å². The van der Waals surface area contributed by atoms with E-state index in [-0.39, 0.29) is 6.17 Å². The van der Waals surface area contributed by atoms with Crippen molar-refractivity contribution in [3.63, 3.8) is 0 Å². The summed E-state index contributed by atoms with van der Waals surface area (Å²) in [6.45, 7) is 0. The summed E-state index contributed by atoms with van der Waals surface area (Å²) in [7, 11) is 0. The molecule has 0 radical (unpaired) electrons. The summed E-state index contributed by atoms with van der Waals surface area (Å²) in [6, 6.07) is 32.3. The first-order valence-electron chi connectivity index (χ1n) is 9.95. The molecule has 1 atom stereocenters. The number of rotatable bonds is 1. The van der Waals surface area contributed by atoms with Crippen molar-refractivity contribution in [1.29, 1.82) is 0 Å². The van der Waals surface area contributed by atoms with Gasteiger partial charge in [0.15, 0.2) is 0 Å². The molecule has 3 heteroatoms. The van der Waals surface area contributed by atoms with Gasteiger partial charge in [-0.3, -0.25) is 0 Å². The number of aromatic nitrogens is 1. The van der Waals surface area contributed by atoms with Crippen LogP contribution in [0.3, 0.4) is 0 Å². The van der Waals surface area contributed by atoms with Gasteiger partial charge in [-0.1, -0.05) is 66.7 Å². The fourth-order valence-electron chi connectivity index (χ4n) is 4.88. The maximum absolute atomic E-state index is 5.02. The Morgan fingerprint density at radius 3 is 2.52 bits per heavy atom. The molecule has 0 bridgehead atoms. The zero-order valence-corrected chi connectivity index (χ0v) is 15.6. The minimum atomic E-state index is 0.0323. The smallest absolute Gasteiger partial charge is 0.148 e. The fraction of sp³-hybridized carbons (Fsp3) is 0.0385. The Kier molecular flexibility index (Phi) is 2.79. The second kappa shape index (κ2) is 5.36. The van der Waals surface area contributed by atoms with E-state index in [4.69, 9.17) is 4.99 Å². The van der Waals surface area contributed by atoms with E-state index in [0.717, 1.165) is 17.1 Å². The summed E-state index contributed by atoms with van der Waals surface area (Å²) >= 11 is 0. The van der Waals surface area contributed by atoms with E-state index in [1.54, 1.807) is 0 Å². The maximum atomic E-state index is 5.02. The van der Waals surface area contributed by atoms with E-state index in [0.29, 0.717) is 0 Å². The predicted molar refractivity (Wildman–Crippen MR) is 120 cm³/mol. The van der Waals surface area contributed by atoms with Gasteiger partial charge in [-0.25, -0.2) is 4.99 Å². The number of aliphatic imine (C=N–C) groups is 1. The maximum Gasteiger partial charge on any atom is 0.148 e. The third kappa shape index (κ3) is 1.94. The van der Waals surface area contributed by atoms with Crippen molar-refractivity contribution in [2.75, 3.05) is 5.32 Å². The quantitative estimate of drug-likeness (QED) is 0.357. The summed E-state index contributed by atoms with van der Waals surface area (Å²) in [5.74, 6) is 0. The molecule has 1 N–H and O–H groups in total. The van der Waals surface area contributed by atoms with Crippen molar-refractivity contribution >= 4 is 38.9 Å². The largest absolute Gasteiger partial charge is 0.358 e. The van der Waals surface area contributed by atoms with Crippen LogP contribution in [-0.4, -0.2) is 10.3 Å². The lowest BCUT2D eigenvalue weighted by Crippen LogP contribution is -2.24. The molecule has 2 aliphatic heterocycles. The minimum Gasteiger partial charge on any atom is -0.358 e. The number of nitrogens with zero attached hydrogens (tertiary/aromatic N) is 2. The van der Waals surface area contributed by atoms with Crippen molar-refractivity contribution in [2.24, 2.45) is 4.99 Å². The molecule has 0 saturated carbocycles. The van der Waals surface area contributed by atoms with Crippen molar-refractivity contribution in [1.82, 2.24) is 4.57 Å². The number of nitrogens with one attached hydrogen (secondary N) is 1. The third-order valence-corrected chi connectivity index (χ3v) is 6.16. The van der Waals surface area contributed by atoms with E-state index in [1.807, 2.05) is 6.07 Å². The average Bonchev–Trinajstić information content (AvgIpc) is 3.29. The zero-order chi connectivity index (χ0) is 18.9. The lowest BCUT2D eigenvalue weighted by Gasteiger charge is -2.25. The van der Waals surface area contributed by atoms with Crippen LogP contribution in [0.4, 0.5) is 11.4 Å². The van der Waals surface area contributed by atoms with Gasteiger partial charge in [0.05, 0.1) is 28.1 Å². The monoisotopic (exact) mass is 371 g/mol. The van der Waals surface area contributed by atoms with Crippen LogP contribution in [0.15, 0.2) is 96.0 Å². The minimum absolute atomic E-state index is 0.0323. The lowest BCUT2D eigenvalue weighted by atomic mass is 10.0. The molecule has 1 aromatic heterocycles. The molecule has 0 amide bonds. The lowest BCUT2D eigenvalue weighted by molar-refractivity contribution is 0.779. The van der Waals surface area contributed by atoms with E-state index in [1.165, 1.54) is 38.5 Å². The van der Waals surface area contributed by atoms with Crippen molar-refractivity contribution in [3.05, 3.63) is 96.6 Å². The SMILES string of the molecule is c1ccc(-c2ccc3c(c2)c2cccc4c2n3C2Nc3ccccc3N=C42)cc1. The molecular weight excluding hydrogens is 354 g/mol. The highest BCUT2D eigenvalue weighted by Crippen LogP contribution is 2.45. The van der Waals surface area contributed by atoms with E-state index in [9.17, 15) is 0 Å². The highest BCUT2D eigenvalue weighted by atomic mass is 15.2. The Hall–Kier alpha value is -3.85. The Balaban J connectivity index is 1.53. The second-order valence-corrected chi connectivity index (χ2v) is 7.73. The van der Waals surface area contributed by atoms with Crippen LogP contribution < -0.4 is 5.32 Å². The standard InChI is InChI=1S/C26H17N3/c1-2-7-16(8-3-1)17-13-14-23-20(15-17)18-9-6-10-19-24-26(29(23)25(18)19)28-22-12-5-4-11-21(22)27-24/h1-15,26,28H. The predicted octanol–water partition coefficient (Wildman–Crippen LogP) is 6.52. The van der Waals surface area contributed by atoms with Gasteiger partial charge in [-0.05, 0) is 35.4 Å². The average molecular weight is 371 g/mol. The van der Waals surface area contributed by atoms with Gasteiger partial charge < -0.3 is 9.88 Å². The van der Waals surface area contributed by atoms with Crippen LogP contribution in [0.25, 0.3) is 32.9 Å². The summed E-state index contributed by atoms with van der Waals surface area (Å²) in [6.07, 6.45) is 0.0323. The number of hydrogen-bond donors (Lipinski definition) is 1. The Morgan fingerprint density at radius 1 is 0.724 bits per heavy atom. The molecule has 3 heterocycles. The van der Waals surface area contributed by atoms with Crippen LogP contribution in [0.1, 0.15) is 11.7 Å². The van der Waals surface area contributed by atoms with Gasteiger partial charge in [0.2, 0.25) is 0 Å². The number of fused-ring (bicyclic) bond motifs is 7. The number of para-hydroxylation sites is 3. The number of anilines is 1. The van der Waals surface area contributed by atoms with Crippen LogP contribution in [-0.2, 0) is 0 Å². The van der Waals surface area contributed by atoms with Crippen LogP contribution in [0.5, 0.6) is 0 Å². The Labute approximate surface area is 167 Å². The molecule has 4 aromatic carbocycles. The van der Waals surface area contributed by atoms with E-state index >= 15 is 0 Å². The molecule has 0 saturated heterocycles. The van der Waals surface area contributed by atoms with Crippen molar-refractivity contribution in [2.45, 2.75) is 6.17 Å². The van der Waals surface area contributed by atoms with Gasteiger partial charge >= 0.3 is 0 Å². The van der Waals surface area contributed by atoms with Gasteiger partial charge in [0, 0.05) is 16.3 Å². The van der Waals surface area contributed by atoms with Crippen molar-refractivity contribution in [3.8, 4) is 11.1 Å². The Morgan fingerprint density at radius 2 is 1.59 bits per heavy atom. The van der Waals surface area contributed by atoms with Crippen molar-refractivity contribution < 1.29 is 0 Å². The molecule has 2 aliphatic rings. The van der Waals surface area contributed by atoms with E-state index in [2.05, 4.69) is 94.8 Å². The zero-order valence-electron chi connectivity index (χ0n) is 15.6. The molecule has 0 fully saturated rings. The van der Waals surface area contributed by atoms with Gasteiger partial charge in [-0.15, -0.1) is 0 Å². The molecule has 7 rings (SSSR count). The number of hydrogen-bond acceptors (Lipinski definition) is 2. The topological polar surface area (TPSA) is 29.3 Å². The summed E-state index contributed by atoms with van der Waals surface area (Å²) in [4.78, 5) is 5.02. The Bertz CT molecular complexity index is 1470. The highest BCUT2D eigenvalue weighted by molar-refractivity contribution is 6.24. The van der Waals surface area contributed by atoms with E-state index < -0.39 is 0 Å². The van der Waals surface area contributed by atoms with Gasteiger partial charge in [0.25, 0.3) is 0 Å². The molecule has 3 nitrogen and oxygen atoms in total. The summed E-state index contributed by atoms with van der Waals surface area (Å²) in [5, 5.41) is 6.31. The normalized spacial score (nSPS) is 16.4. The summed E-state index contributed by atoms with van der Waals surface area (Å²) in [5.41, 5.74) is 9.45. The van der Waals surface area contributed by atoms with Crippen LogP contribution in [0.2, 0.25) is 0 Å². The number of benzene rings is 4. The highest BCUT2D eigenvalue weighted by Gasteiger charge is 2.35. The van der Waals surface area contributed by atoms with Gasteiger partial charge in [-0.2, -0.15) is 0 Å². The molecule has 29 heavy (non-hydrogen) atoms. The molecule has 1 unspecified atom stereocenters. The first-order chi connectivity index (χ1) is 14.4. The summed E-state index contributed by atoms with van der Waals surface area (Å²) < 4.78 is 2.42. The molecule has 5 aromatic rings. The first kappa shape index (κ1) is 15.1. The molecule has 0 spiro atoms. The van der Waals surface area contributed by atoms with Gasteiger partial charge in [0.1, 0.15) is 6.17 Å². The molecule has 0 aliphatic carbocycles.